The Morgan fingerprint density at radius 1 is 1.44 bits per heavy atom. The van der Waals surface area contributed by atoms with Crippen LogP contribution in [0.25, 0.3) is 0 Å². The van der Waals surface area contributed by atoms with E-state index in [4.69, 9.17) is 5.73 Å². The molecule has 106 valence electrons. The van der Waals surface area contributed by atoms with E-state index in [0.29, 0.717) is 19.3 Å². The molecular formula is C12H21F3N2O. The normalized spacial score (nSPS) is 26.7. The number of nitrogens with one attached hydrogen (secondary N) is 1. The number of hydrogen-bond acceptors (Lipinski definition) is 2. The quantitative estimate of drug-likeness (QED) is 0.820. The lowest BCUT2D eigenvalue weighted by atomic mass is 9.85. The number of halogens is 3. The third-order valence-electron chi connectivity index (χ3n) is 3.42. The lowest BCUT2D eigenvalue weighted by Gasteiger charge is -2.31. The van der Waals surface area contributed by atoms with Gasteiger partial charge in [-0.25, -0.2) is 0 Å². The van der Waals surface area contributed by atoms with E-state index in [-0.39, 0.29) is 24.8 Å². The summed E-state index contributed by atoms with van der Waals surface area (Å²) < 4.78 is 37.8. The number of nitrogens with two attached hydrogens (primary N) is 1. The fraction of sp³-hybridized carbons (Fsp3) is 0.917. The van der Waals surface area contributed by atoms with Crippen LogP contribution in [0, 0.1) is 5.92 Å². The number of alkyl halides is 3. The van der Waals surface area contributed by atoms with Crippen LogP contribution in [0.1, 0.15) is 45.4 Å². The van der Waals surface area contributed by atoms with Gasteiger partial charge >= 0.3 is 6.18 Å². The highest BCUT2D eigenvalue weighted by Gasteiger charge is 2.42. The number of rotatable bonds is 4. The first-order valence-electron chi connectivity index (χ1n) is 6.47. The minimum atomic E-state index is -4.16. The molecule has 0 aliphatic heterocycles. The van der Waals surface area contributed by atoms with Crippen molar-refractivity contribution in [3.8, 4) is 0 Å². The van der Waals surface area contributed by atoms with Gasteiger partial charge in [-0.15, -0.1) is 0 Å². The van der Waals surface area contributed by atoms with Crippen molar-refractivity contribution in [3.63, 3.8) is 0 Å². The molecule has 0 aromatic carbocycles. The van der Waals surface area contributed by atoms with Crippen LogP contribution in [0.5, 0.6) is 0 Å². The molecule has 18 heavy (non-hydrogen) atoms. The van der Waals surface area contributed by atoms with E-state index in [2.05, 4.69) is 5.32 Å². The molecule has 2 unspecified atom stereocenters. The summed E-state index contributed by atoms with van der Waals surface area (Å²) in [5.41, 5.74) is 5.63. The lowest BCUT2D eigenvalue weighted by molar-refractivity contribution is -0.184. The van der Waals surface area contributed by atoms with Gasteiger partial charge in [0.15, 0.2) is 0 Å². The third kappa shape index (κ3) is 4.48. The Hall–Kier alpha value is -0.780. The van der Waals surface area contributed by atoms with E-state index in [1.807, 2.05) is 6.92 Å². The van der Waals surface area contributed by atoms with Gasteiger partial charge < -0.3 is 11.1 Å². The molecule has 1 aliphatic rings. The molecular weight excluding hydrogens is 245 g/mol. The maximum atomic E-state index is 12.6. The number of hydrogen-bond donors (Lipinski definition) is 2. The Kier molecular flexibility index (Phi) is 5.44. The average Bonchev–Trinajstić information content (AvgIpc) is 2.28. The van der Waals surface area contributed by atoms with Gasteiger partial charge in [0.25, 0.3) is 0 Å². The molecule has 3 N–H and O–H groups in total. The van der Waals surface area contributed by atoms with Crippen molar-refractivity contribution in [1.29, 1.82) is 0 Å². The van der Waals surface area contributed by atoms with Gasteiger partial charge in [-0.3, -0.25) is 4.79 Å². The van der Waals surface area contributed by atoms with Crippen LogP contribution in [0.15, 0.2) is 0 Å². The first kappa shape index (κ1) is 15.3. The minimum absolute atomic E-state index is 0.0198. The summed E-state index contributed by atoms with van der Waals surface area (Å²) >= 11 is 0. The Morgan fingerprint density at radius 3 is 2.67 bits per heavy atom. The highest BCUT2D eigenvalue weighted by Crippen LogP contribution is 2.37. The van der Waals surface area contributed by atoms with E-state index in [0.717, 1.165) is 6.42 Å². The van der Waals surface area contributed by atoms with Crippen LogP contribution in [0.2, 0.25) is 0 Å². The molecule has 1 saturated carbocycles. The molecule has 3 nitrogen and oxygen atoms in total. The maximum absolute atomic E-state index is 12.6. The molecule has 3 atom stereocenters. The molecule has 0 bridgehead atoms. The van der Waals surface area contributed by atoms with Gasteiger partial charge in [0.2, 0.25) is 5.91 Å². The number of carbonyl (C=O) groups is 1. The van der Waals surface area contributed by atoms with Crippen LogP contribution < -0.4 is 11.1 Å². The van der Waals surface area contributed by atoms with Crippen molar-refractivity contribution >= 4 is 5.91 Å². The molecule has 6 heteroatoms. The zero-order chi connectivity index (χ0) is 13.8. The van der Waals surface area contributed by atoms with Gasteiger partial charge in [-0.05, 0) is 25.7 Å². The molecule has 0 radical (unpaired) electrons. The summed E-state index contributed by atoms with van der Waals surface area (Å²) in [5, 5.41) is 2.64. The Balaban J connectivity index is 2.45. The minimum Gasteiger partial charge on any atom is -0.352 e. The highest BCUT2D eigenvalue weighted by atomic mass is 19.4. The Morgan fingerprint density at radius 2 is 2.11 bits per heavy atom. The van der Waals surface area contributed by atoms with Crippen molar-refractivity contribution in [1.82, 2.24) is 5.32 Å². The first-order valence-corrected chi connectivity index (χ1v) is 6.47. The SMILES string of the molecule is CCC[C@H](N)C(=O)NC1CCCC(C(F)(F)F)C1. The second-order valence-corrected chi connectivity index (χ2v) is 5.01. The fourth-order valence-corrected chi connectivity index (χ4v) is 2.37. The maximum Gasteiger partial charge on any atom is 0.391 e. The monoisotopic (exact) mass is 266 g/mol. The summed E-state index contributed by atoms with van der Waals surface area (Å²) in [6.45, 7) is 1.91. The van der Waals surface area contributed by atoms with Crippen LogP contribution in [0.4, 0.5) is 13.2 Å². The van der Waals surface area contributed by atoms with Gasteiger partial charge in [-0.2, -0.15) is 13.2 Å². The second-order valence-electron chi connectivity index (χ2n) is 5.01. The van der Waals surface area contributed by atoms with Crippen LogP contribution in [-0.4, -0.2) is 24.2 Å². The van der Waals surface area contributed by atoms with Crippen molar-refractivity contribution in [2.24, 2.45) is 11.7 Å². The molecule has 1 aliphatic carbocycles. The number of carbonyl (C=O) groups excluding carboxylic acids is 1. The highest BCUT2D eigenvalue weighted by molar-refractivity contribution is 5.81. The van der Waals surface area contributed by atoms with E-state index >= 15 is 0 Å². The van der Waals surface area contributed by atoms with Crippen LogP contribution in [-0.2, 0) is 4.79 Å². The number of amides is 1. The lowest BCUT2D eigenvalue weighted by Crippen LogP contribution is -2.48. The Labute approximate surface area is 105 Å². The molecule has 0 saturated heterocycles. The smallest absolute Gasteiger partial charge is 0.352 e. The summed E-state index contributed by atoms with van der Waals surface area (Å²) in [4.78, 5) is 11.6. The molecule has 1 fully saturated rings. The third-order valence-corrected chi connectivity index (χ3v) is 3.42. The van der Waals surface area contributed by atoms with Crippen molar-refractivity contribution in [2.75, 3.05) is 0 Å². The van der Waals surface area contributed by atoms with Crippen LogP contribution >= 0.6 is 0 Å². The van der Waals surface area contributed by atoms with Gasteiger partial charge in [-0.1, -0.05) is 19.8 Å². The van der Waals surface area contributed by atoms with Crippen molar-refractivity contribution in [2.45, 2.75) is 63.7 Å². The van der Waals surface area contributed by atoms with E-state index in [1.54, 1.807) is 0 Å². The summed E-state index contributed by atoms with van der Waals surface area (Å²) in [6, 6.07) is -0.998. The molecule has 0 spiro atoms. The fourth-order valence-electron chi connectivity index (χ4n) is 2.37. The van der Waals surface area contributed by atoms with E-state index in [1.165, 1.54) is 0 Å². The summed E-state index contributed by atoms with van der Waals surface area (Å²) in [6.07, 6.45) is -1.57. The molecule has 0 heterocycles. The van der Waals surface area contributed by atoms with E-state index < -0.39 is 18.1 Å². The molecule has 1 rings (SSSR count). The topological polar surface area (TPSA) is 55.1 Å². The summed E-state index contributed by atoms with van der Waals surface area (Å²) in [5.74, 6) is -1.62. The standard InChI is InChI=1S/C12H21F3N2O/c1-2-4-10(16)11(18)17-9-6-3-5-8(7-9)12(13,14)15/h8-10H,2-7,16H2,1H3,(H,17,18)/t8?,9?,10-/m0/s1. The Bertz CT molecular complexity index is 281. The van der Waals surface area contributed by atoms with Crippen molar-refractivity contribution in [3.05, 3.63) is 0 Å². The average molecular weight is 266 g/mol. The molecule has 0 aromatic heterocycles. The molecule has 1 amide bonds. The first-order chi connectivity index (χ1) is 8.34. The van der Waals surface area contributed by atoms with Gasteiger partial charge in [0.05, 0.1) is 12.0 Å². The second kappa shape index (κ2) is 6.41. The zero-order valence-electron chi connectivity index (χ0n) is 10.6. The van der Waals surface area contributed by atoms with E-state index in [9.17, 15) is 18.0 Å². The predicted octanol–water partition coefficient (Wildman–Crippen LogP) is 2.35. The predicted molar refractivity (Wildman–Crippen MR) is 62.8 cm³/mol. The largest absolute Gasteiger partial charge is 0.391 e. The van der Waals surface area contributed by atoms with Crippen molar-refractivity contribution < 1.29 is 18.0 Å². The summed E-state index contributed by atoms with van der Waals surface area (Å²) in [7, 11) is 0. The van der Waals surface area contributed by atoms with Crippen LogP contribution in [0.3, 0.4) is 0 Å². The van der Waals surface area contributed by atoms with Gasteiger partial charge in [0.1, 0.15) is 0 Å². The zero-order valence-corrected chi connectivity index (χ0v) is 10.6. The van der Waals surface area contributed by atoms with Gasteiger partial charge in [0, 0.05) is 6.04 Å². The molecule has 0 aromatic rings.